The number of nitrogens with zero attached hydrogens (tertiary/aromatic N) is 4. The molecule has 18 heavy (non-hydrogen) atoms. The molecule has 0 amide bonds. The molecular weight excluding hydrogens is 250 g/mol. The molecule has 0 spiro atoms. The number of hydrogen-bond acceptors (Lipinski definition) is 5. The molecule has 1 unspecified atom stereocenters. The minimum absolute atomic E-state index is 0.209. The third kappa shape index (κ3) is 3.39. The largest absolute Gasteiger partial charge is 0.375 e. The summed E-state index contributed by atoms with van der Waals surface area (Å²) in [6.07, 6.45) is 1.12. The Hall–Kier alpha value is -1.21. The quantitative estimate of drug-likeness (QED) is 0.643. The summed E-state index contributed by atoms with van der Waals surface area (Å²) >= 11 is 1.59. The number of hydrogen-bond donors (Lipinski definition) is 1. The number of rotatable bonds is 3. The number of aliphatic imine (C=N–C) groups is 1. The van der Waals surface area contributed by atoms with Gasteiger partial charge < -0.3 is 15.4 Å². The van der Waals surface area contributed by atoms with E-state index in [0.717, 1.165) is 29.5 Å². The number of nitrogens with two attached hydrogens (primary N) is 1. The van der Waals surface area contributed by atoms with Gasteiger partial charge in [0.15, 0.2) is 5.96 Å². The Kier molecular flexibility index (Phi) is 4.48. The average Bonchev–Trinajstić information content (AvgIpc) is 2.84. The third-order valence-corrected chi connectivity index (χ3v) is 3.80. The maximum absolute atomic E-state index is 5.97. The lowest BCUT2D eigenvalue weighted by Gasteiger charge is -2.31. The molecule has 1 aromatic heterocycles. The van der Waals surface area contributed by atoms with Gasteiger partial charge in [0.05, 0.1) is 19.3 Å². The van der Waals surface area contributed by atoms with Gasteiger partial charge in [0.25, 0.3) is 0 Å². The summed E-state index contributed by atoms with van der Waals surface area (Å²) in [5.74, 6) is 0.568. The van der Waals surface area contributed by atoms with Crippen LogP contribution in [0.3, 0.4) is 0 Å². The summed E-state index contributed by atoms with van der Waals surface area (Å²) in [6.45, 7) is 6.92. The molecule has 1 fully saturated rings. The second-order valence-corrected chi connectivity index (χ2v) is 5.39. The molecule has 2 heterocycles. The molecule has 0 aliphatic carbocycles. The van der Waals surface area contributed by atoms with Crippen LogP contribution in [0.4, 0.5) is 0 Å². The van der Waals surface area contributed by atoms with Crippen molar-refractivity contribution in [3.05, 3.63) is 10.0 Å². The van der Waals surface area contributed by atoms with Gasteiger partial charge in [0.1, 0.15) is 10.0 Å². The molecule has 7 heteroatoms. The van der Waals surface area contributed by atoms with Crippen molar-refractivity contribution < 1.29 is 4.74 Å². The Morgan fingerprint density at radius 3 is 3.00 bits per heavy atom. The van der Waals surface area contributed by atoms with Gasteiger partial charge in [-0.15, -0.1) is 10.2 Å². The molecule has 0 aromatic carbocycles. The van der Waals surface area contributed by atoms with Crippen LogP contribution in [0.2, 0.25) is 0 Å². The van der Waals surface area contributed by atoms with Gasteiger partial charge in [0, 0.05) is 13.1 Å². The van der Waals surface area contributed by atoms with Crippen molar-refractivity contribution in [3.8, 4) is 0 Å². The number of morpholine rings is 1. The molecule has 0 radical (unpaired) electrons. The topological polar surface area (TPSA) is 76.6 Å². The first-order chi connectivity index (χ1) is 8.69. The molecule has 6 nitrogen and oxygen atoms in total. The van der Waals surface area contributed by atoms with Crippen LogP contribution in [0, 0.1) is 0 Å². The highest BCUT2D eigenvalue weighted by molar-refractivity contribution is 7.11. The normalized spacial score (nSPS) is 21.3. The number of guanidine groups is 1. The van der Waals surface area contributed by atoms with Crippen molar-refractivity contribution in [2.75, 3.05) is 19.7 Å². The Morgan fingerprint density at radius 1 is 1.56 bits per heavy atom. The lowest BCUT2D eigenvalue weighted by atomic mass is 10.3. The number of aromatic nitrogens is 2. The van der Waals surface area contributed by atoms with E-state index in [1.807, 2.05) is 6.92 Å². The molecule has 100 valence electrons. The Bertz CT molecular complexity index is 419. The first kappa shape index (κ1) is 13.2. The van der Waals surface area contributed by atoms with E-state index >= 15 is 0 Å². The molecule has 1 atom stereocenters. The molecular formula is C11H19N5OS. The minimum atomic E-state index is 0.209. The maximum Gasteiger partial charge on any atom is 0.191 e. The van der Waals surface area contributed by atoms with Gasteiger partial charge in [-0.1, -0.05) is 18.3 Å². The van der Waals surface area contributed by atoms with Crippen LogP contribution in [0.5, 0.6) is 0 Å². The van der Waals surface area contributed by atoms with Gasteiger partial charge in [-0.25, -0.2) is 4.99 Å². The van der Waals surface area contributed by atoms with Crippen molar-refractivity contribution in [2.24, 2.45) is 10.7 Å². The zero-order chi connectivity index (χ0) is 13.0. The van der Waals surface area contributed by atoms with Crippen LogP contribution < -0.4 is 5.73 Å². The van der Waals surface area contributed by atoms with E-state index in [1.54, 1.807) is 11.3 Å². The standard InChI is InChI=1S/C11H19N5OS/c1-3-9-14-15-10(18-9)6-13-11(12)16-4-5-17-8(2)7-16/h8H,3-7H2,1-2H3,(H2,12,13). The van der Waals surface area contributed by atoms with E-state index < -0.39 is 0 Å². The lowest BCUT2D eigenvalue weighted by molar-refractivity contribution is 0.00529. The van der Waals surface area contributed by atoms with Gasteiger partial charge in [-0.05, 0) is 13.3 Å². The molecule has 1 saturated heterocycles. The fraction of sp³-hybridized carbons (Fsp3) is 0.727. The highest BCUT2D eigenvalue weighted by atomic mass is 32.1. The van der Waals surface area contributed by atoms with Crippen LogP contribution >= 0.6 is 11.3 Å². The smallest absolute Gasteiger partial charge is 0.191 e. The van der Waals surface area contributed by atoms with Gasteiger partial charge in [-0.2, -0.15) is 0 Å². The van der Waals surface area contributed by atoms with Crippen LogP contribution in [0.1, 0.15) is 23.9 Å². The first-order valence-electron chi connectivity index (χ1n) is 6.16. The van der Waals surface area contributed by atoms with Crippen LogP contribution in [0.25, 0.3) is 0 Å². The monoisotopic (exact) mass is 269 g/mol. The van der Waals surface area contributed by atoms with Crippen molar-refractivity contribution in [1.82, 2.24) is 15.1 Å². The van der Waals surface area contributed by atoms with Gasteiger partial charge >= 0.3 is 0 Å². The highest BCUT2D eigenvalue weighted by Gasteiger charge is 2.17. The molecule has 2 rings (SSSR count). The molecule has 0 bridgehead atoms. The average molecular weight is 269 g/mol. The molecule has 2 N–H and O–H groups in total. The Labute approximate surface area is 111 Å². The number of ether oxygens (including phenoxy) is 1. The van der Waals surface area contributed by atoms with Crippen molar-refractivity contribution in [3.63, 3.8) is 0 Å². The first-order valence-corrected chi connectivity index (χ1v) is 6.98. The zero-order valence-corrected chi connectivity index (χ0v) is 11.6. The second-order valence-electron chi connectivity index (χ2n) is 4.24. The minimum Gasteiger partial charge on any atom is -0.375 e. The van der Waals surface area contributed by atoms with Gasteiger partial charge in [-0.3, -0.25) is 0 Å². The third-order valence-electron chi connectivity index (χ3n) is 2.75. The zero-order valence-electron chi connectivity index (χ0n) is 10.8. The predicted molar refractivity (Wildman–Crippen MR) is 71.6 cm³/mol. The summed E-state index contributed by atoms with van der Waals surface area (Å²) in [6, 6.07) is 0. The van der Waals surface area contributed by atoms with Crippen LogP contribution in [0.15, 0.2) is 4.99 Å². The predicted octanol–water partition coefficient (Wildman–Crippen LogP) is 0.636. The van der Waals surface area contributed by atoms with Crippen molar-refractivity contribution in [1.29, 1.82) is 0 Å². The molecule has 1 aliphatic rings. The van der Waals surface area contributed by atoms with Crippen molar-refractivity contribution >= 4 is 17.3 Å². The van der Waals surface area contributed by atoms with Crippen LogP contribution in [-0.4, -0.2) is 46.9 Å². The SMILES string of the molecule is CCc1nnc(CN=C(N)N2CCOC(C)C2)s1. The fourth-order valence-corrected chi connectivity index (χ4v) is 2.48. The highest BCUT2D eigenvalue weighted by Crippen LogP contribution is 2.11. The summed E-state index contributed by atoms with van der Waals surface area (Å²) in [4.78, 5) is 6.42. The van der Waals surface area contributed by atoms with E-state index in [1.165, 1.54) is 0 Å². The summed E-state index contributed by atoms with van der Waals surface area (Å²) < 4.78 is 5.47. The molecule has 1 aromatic rings. The Balaban J connectivity index is 1.91. The Morgan fingerprint density at radius 2 is 2.33 bits per heavy atom. The summed E-state index contributed by atoms with van der Waals surface area (Å²) in [5, 5.41) is 10.1. The fourth-order valence-electron chi connectivity index (χ4n) is 1.77. The van der Waals surface area contributed by atoms with E-state index in [2.05, 4.69) is 27.0 Å². The second kappa shape index (κ2) is 6.10. The maximum atomic E-state index is 5.97. The molecule has 0 saturated carbocycles. The van der Waals surface area contributed by atoms with Gasteiger partial charge in [0.2, 0.25) is 0 Å². The number of aryl methyl sites for hydroxylation is 1. The van der Waals surface area contributed by atoms with Crippen molar-refractivity contribution in [2.45, 2.75) is 32.9 Å². The lowest BCUT2D eigenvalue weighted by Crippen LogP contribution is -2.47. The molecule has 1 aliphatic heterocycles. The van der Waals surface area contributed by atoms with Crippen LogP contribution in [-0.2, 0) is 17.7 Å². The van der Waals surface area contributed by atoms with E-state index in [0.29, 0.717) is 19.1 Å². The summed E-state index contributed by atoms with van der Waals surface area (Å²) in [5.41, 5.74) is 5.97. The van der Waals surface area contributed by atoms with E-state index in [4.69, 9.17) is 10.5 Å². The summed E-state index contributed by atoms with van der Waals surface area (Å²) in [7, 11) is 0. The van der Waals surface area contributed by atoms with E-state index in [9.17, 15) is 0 Å². The van der Waals surface area contributed by atoms with E-state index in [-0.39, 0.29) is 6.10 Å².